The van der Waals surface area contributed by atoms with Gasteiger partial charge in [-0.1, -0.05) is 34.1 Å². The van der Waals surface area contributed by atoms with Gasteiger partial charge in [0.15, 0.2) is 11.5 Å². The fourth-order valence-corrected chi connectivity index (χ4v) is 7.66. The highest BCUT2D eigenvalue weighted by Gasteiger charge is 2.62. The van der Waals surface area contributed by atoms with Crippen molar-refractivity contribution < 1.29 is 23.8 Å². The molecule has 0 unspecified atom stereocenters. The molecule has 1 aliphatic heterocycles. The summed E-state index contributed by atoms with van der Waals surface area (Å²) < 4.78 is 17.5. The average Bonchev–Trinajstić information content (AvgIpc) is 2.60. The Balaban J connectivity index is 1.82. The number of benzene rings is 1. The van der Waals surface area contributed by atoms with Crippen molar-refractivity contribution in [2.75, 3.05) is 0 Å². The van der Waals surface area contributed by atoms with E-state index < -0.39 is 11.9 Å². The maximum absolute atomic E-state index is 11.7. The lowest BCUT2D eigenvalue weighted by Crippen LogP contribution is -2.62. The van der Waals surface area contributed by atoms with E-state index in [4.69, 9.17) is 14.2 Å². The van der Waals surface area contributed by atoms with E-state index in [0.29, 0.717) is 17.3 Å². The summed E-state index contributed by atoms with van der Waals surface area (Å²) in [6.07, 6.45) is 5.93. The number of carbonyl (C=O) groups is 2. The van der Waals surface area contributed by atoms with Gasteiger partial charge in [-0.15, -0.1) is 0 Å². The third-order valence-electron chi connectivity index (χ3n) is 8.49. The molecule has 0 saturated heterocycles. The van der Waals surface area contributed by atoms with Crippen LogP contribution in [0.25, 0.3) is 0 Å². The first-order valence-electron chi connectivity index (χ1n) is 11.6. The lowest BCUT2D eigenvalue weighted by Gasteiger charge is -2.64. The van der Waals surface area contributed by atoms with E-state index in [-0.39, 0.29) is 28.4 Å². The number of esters is 2. The van der Waals surface area contributed by atoms with E-state index in [2.05, 4.69) is 34.6 Å². The van der Waals surface area contributed by atoms with Gasteiger partial charge >= 0.3 is 11.9 Å². The number of fused-ring (bicyclic) bond motifs is 4. The van der Waals surface area contributed by atoms with Gasteiger partial charge in [0, 0.05) is 31.4 Å². The van der Waals surface area contributed by atoms with Crippen molar-refractivity contribution in [1.82, 2.24) is 0 Å². The van der Waals surface area contributed by atoms with Crippen LogP contribution < -0.4 is 14.2 Å². The standard InChI is InChI=1S/C26H36O5/c1-15-18-13-20(29-16(2)27)21(30-17(3)28)14-19(18)31-26(7)12-9-22-24(4,5)10-8-11-25(22,6)23(15)26/h13-15,22-23H,8-12H2,1-7H3/t15-,22+,23-,25+,26+/m0/s1. The summed E-state index contributed by atoms with van der Waals surface area (Å²) in [7, 11) is 0. The molecule has 170 valence electrons. The normalized spacial score (nSPS) is 35.6. The fraction of sp³-hybridized carbons (Fsp3) is 0.692. The van der Waals surface area contributed by atoms with Gasteiger partial charge in [0.25, 0.3) is 0 Å². The van der Waals surface area contributed by atoms with Crippen molar-refractivity contribution in [2.24, 2.45) is 22.7 Å². The van der Waals surface area contributed by atoms with Crippen LogP contribution in [0.2, 0.25) is 0 Å². The van der Waals surface area contributed by atoms with Crippen LogP contribution in [0, 0.1) is 22.7 Å². The van der Waals surface area contributed by atoms with Crippen LogP contribution in [0.3, 0.4) is 0 Å². The van der Waals surface area contributed by atoms with Crippen molar-refractivity contribution in [3.8, 4) is 17.2 Å². The average molecular weight is 429 g/mol. The third-order valence-corrected chi connectivity index (χ3v) is 8.49. The molecule has 2 saturated carbocycles. The number of hydrogen-bond acceptors (Lipinski definition) is 5. The van der Waals surface area contributed by atoms with Gasteiger partial charge in [-0.05, 0) is 61.3 Å². The summed E-state index contributed by atoms with van der Waals surface area (Å²) in [5.74, 6) is 1.59. The highest BCUT2D eigenvalue weighted by Crippen LogP contribution is 2.67. The molecule has 0 bridgehead atoms. The second kappa shape index (κ2) is 7.25. The monoisotopic (exact) mass is 428 g/mol. The molecule has 1 heterocycles. The predicted molar refractivity (Wildman–Crippen MR) is 118 cm³/mol. The van der Waals surface area contributed by atoms with Crippen molar-refractivity contribution in [3.05, 3.63) is 17.7 Å². The molecule has 2 aliphatic carbocycles. The Hall–Kier alpha value is -2.04. The molecular weight excluding hydrogens is 392 g/mol. The molecule has 5 atom stereocenters. The zero-order valence-corrected chi connectivity index (χ0v) is 20.0. The Labute approximate surface area is 185 Å². The van der Waals surface area contributed by atoms with Gasteiger partial charge in [0.05, 0.1) is 0 Å². The van der Waals surface area contributed by atoms with Crippen LogP contribution in [-0.4, -0.2) is 17.5 Å². The van der Waals surface area contributed by atoms with Gasteiger partial charge in [0.1, 0.15) is 11.4 Å². The molecule has 0 spiro atoms. The summed E-state index contributed by atoms with van der Waals surface area (Å²) in [5, 5.41) is 0. The molecule has 2 fully saturated rings. The predicted octanol–water partition coefficient (Wildman–Crippen LogP) is 6.03. The van der Waals surface area contributed by atoms with Gasteiger partial charge in [-0.3, -0.25) is 9.59 Å². The second-order valence-corrected chi connectivity index (χ2v) is 11.1. The van der Waals surface area contributed by atoms with Gasteiger partial charge in [0.2, 0.25) is 0 Å². The van der Waals surface area contributed by atoms with Gasteiger partial charge in [-0.2, -0.15) is 0 Å². The quantitative estimate of drug-likeness (QED) is 0.425. The molecule has 1 aromatic carbocycles. The Bertz CT molecular complexity index is 919. The van der Waals surface area contributed by atoms with Crippen LogP contribution in [-0.2, 0) is 9.59 Å². The summed E-state index contributed by atoms with van der Waals surface area (Å²) in [6.45, 7) is 14.6. The highest BCUT2D eigenvalue weighted by molar-refractivity contribution is 5.74. The fourth-order valence-electron chi connectivity index (χ4n) is 7.66. The minimum absolute atomic E-state index is 0.183. The van der Waals surface area contributed by atoms with E-state index in [1.54, 1.807) is 6.07 Å². The van der Waals surface area contributed by atoms with Crippen LogP contribution in [0.1, 0.15) is 92.1 Å². The van der Waals surface area contributed by atoms with E-state index in [9.17, 15) is 9.59 Å². The second-order valence-electron chi connectivity index (χ2n) is 11.1. The molecule has 3 aliphatic rings. The summed E-state index contributed by atoms with van der Waals surface area (Å²) in [4.78, 5) is 23.3. The molecule has 0 radical (unpaired) electrons. The molecule has 0 aromatic heterocycles. The van der Waals surface area contributed by atoms with Crippen LogP contribution in [0.4, 0.5) is 0 Å². The molecule has 0 amide bonds. The first kappa shape index (κ1) is 22.2. The molecule has 31 heavy (non-hydrogen) atoms. The molecule has 0 N–H and O–H groups in total. The lowest BCUT2D eigenvalue weighted by molar-refractivity contribution is -0.171. The zero-order valence-electron chi connectivity index (χ0n) is 20.0. The summed E-state index contributed by atoms with van der Waals surface area (Å²) in [5.41, 5.74) is 1.26. The Morgan fingerprint density at radius 2 is 1.58 bits per heavy atom. The summed E-state index contributed by atoms with van der Waals surface area (Å²) in [6, 6.07) is 3.58. The zero-order chi connectivity index (χ0) is 22.8. The maximum Gasteiger partial charge on any atom is 0.308 e. The Morgan fingerprint density at radius 3 is 2.19 bits per heavy atom. The third kappa shape index (κ3) is 3.54. The van der Waals surface area contributed by atoms with Crippen LogP contribution in [0.5, 0.6) is 17.2 Å². The molecule has 4 rings (SSSR count). The van der Waals surface area contributed by atoms with Crippen LogP contribution in [0.15, 0.2) is 12.1 Å². The first-order chi connectivity index (χ1) is 14.4. The first-order valence-corrected chi connectivity index (χ1v) is 11.6. The van der Waals surface area contributed by atoms with E-state index in [1.165, 1.54) is 39.5 Å². The minimum Gasteiger partial charge on any atom is -0.487 e. The maximum atomic E-state index is 11.7. The topological polar surface area (TPSA) is 61.8 Å². The van der Waals surface area contributed by atoms with Crippen molar-refractivity contribution in [3.63, 3.8) is 0 Å². The number of hydrogen-bond donors (Lipinski definition) is 0. The largest absolute Gasteiger partial charge is 0.487 e. The van der Waals surface area contributed by atoms with E-state index >= 15 is 0 Å². The van der Waals surface area contributed by atoms with Crippen molar-refractivity contribution in [2.45, 2.75) is 92.1 Å². The van der Waals surface area contributed by atoms with Gasteiger partial charge < -0.3 is 14.2 Å². The van der Waals surface area contributed by atoms with E-state index in [0.717, 1.165) is 17.7 Å². The number of ether oxygens (including phenoxy) is 3. The van der Waals surface area contributed by atoms with Crippen molar-refractivity contribution >= 4 is 11.9 Å². The minimum atomic E-state index is -0.459. The molecular formula is C26H36O5. The van der Waals surface area contributed by atoms with Crippen LogP contribution >= 0.6 is 0 Å². The van der Waals surface area contributed by atoms with Gasteiger partial charge in [-0.25, -0.2) is 0 Å². The van der Waals surface area contributed by atoms with E-state index in [1.807, 2.05) is 6.07 Å². The number of carbonyl (C=O) groups excluding carboxylic acids is 2. The number of rotatable bonds is 2. The smallest absolute Gasteiger partial charge is 0.308 e. The Kier molecular flexibility index (Phi) is 5.18. The molecule has 1 aromatic rings. The molecule has 5 nitrogen and oxygen atoms in total. The van der Waals surface area contributed by atoms with Crippen molar-refractivity contribution in [1.29, 1.82) is 0 Å². The SMILES string of the molecule is CC(=O)Oc1cc2c(cc1OC(C)=O)[C@H](C)[C@H]1[C@]3(C)CCCC(C)(C)[C@H]3CC[C@@]1(C)O2. The summed E-state index contributed by atoms with van der Waals surface area (Å²) >= 11 is 0. The highest BCUT2D eigenvalue weighted by atomic mass is 16.6. The molecule has 5 heteroatoms. The Morgan fingerprint density at radius 1 is 0.968 bits per heavy atom. The lowest BCUT2D eigenvalue weighted by atomic mass is 9.43.